The van der Waals surface area contributed by atoms with Gasteiger partial charge in [0.25, 0.3) is 0 Å². The predicted octanol–water partition coefficient (Wildman–Crippen LogP) is 4.43. The van der Waals surface area contributed by atoms with Gasteiger partial charge in [0.05, 0.1) is 12.6 Å². The standard InChI is InChI=1S/C19H20ClN5O.HI/c1-13(14-7-4-3-5-8-14)23-19(21-2)22-12-17-24-18(25-26-17)15-9-6-10-16(20)11-15;/h3-11,13H,12H2,1-2H3,(H2,21,22,23);1H. The van der Waals surface area contributed by atoms with E-state index in [1.165, 1.54) is 5.56 Å². The molecule has 1 aromatic heterocycles. The first kappa shape index (κ1) is 21.2. The lowest BCUT2D eigenvalue weighted by Gasteiger charge is -2.17. The number of hydrogen-bond donors (Lipinski definition) is 2. The minimum Gasteiger partial charge on any atom is -0.350 e. The summed E-state index contributed by atoms with van der Waals surface area (Å²) in [4.78, 5) is 8.62. The molecule has 3 aromatic rings. The van der Waals surface area contributed by atoms with Gasteiger partial charge in [-0.3, -0.25) is 4.99 Å². The first-order valence-corrected chi connectivity index (χ1v) is 8.64. The maximum Gasteiger partial charge on any atom is 0.246 e. The van der Waals surface area contributed by atoms with E-state index in [0.29, 0.717) is 29.2 Å². The van der Waals surface area contributed by atoms with Crippen LogP contribution in [0.25, 0.3) is 11.4 Å². The SMILES string of the molecule is CN=C(NCc1nc(-c2cccc(Cl)c2)no1)NC(C)c1ccccc1.I. The van der Waals surface area contributed by atoms with Gasteiger partial charge < -0.3 is 15.2 Å². The quantitative estimate of drug-likeness (QED) is 0.310. The van der Waals surface area contributed by atoms with Crippen LogP contribution >= 0.6 is 35.6 Å². The number of aliphatic imine (C=N–C) groups is 1. The molecule has 0 aliphatic carbocycles. The summed E-state index contributed by atoms with van der Waals surface area (Å²) in [7, 11) is 1.72. The summed E-state index contributed by atoms with van der Waals surface area (Å²) in [6.07, 6.45) is 0. The second-order valence-electron chi connectivity index (χ2n) is 5.72. The van der Waals surface area contributed by atoms with Gasteiger partial charge in [-0.2, -0.15) is 4.98 Å². The summed E-state index contributed by atoms with van der Waals surface area (Å²) in [5.41, 5.74) is 1.99. The molecule has 27 heavy (non-hydrogen) atoms. The molecule has 8 heteroatoms. The van der Waals surface area contributed by atoms with Crippen molar-refractivity contribution in [1.82, 2.24) is 20.8 Å². The number of rotatable bonds is 5. The number of hydrogen-bond acceptors (Lipinski definition) is 4. The van der Waals surface area contributed by atoms with Gasteiger partial charge in [0.15, 0.2) is 5.96 Å². The minimum atomic E-state index is 0. The van der Waals surface area contributed by atoms with Crippen molar-refractivity contribution in [2.45, 2.75) is 19.5 Å². The zero-order chi connectivity index (χ0) is 18.4. The Morgan fingerprint density at radius 2 is 1.96 bits per heavy atom. The van der Waals surface area contributed by atoms with Gasteiger partial charge >= 0.3 is 0 Å². The van der Waals surface area contributed by atoms with Crippen LogP contribution in [-0.4, -0.2) is 23.1 Å². The van der Waals surface area contributed by atoms with Gasteiger partial charge in [0, 0.05) is 17.6 Å². The van der Waals surface area contributed by atoms with E-state index >= 15 is 0 Å². The van der Waals surface area contributed by atoms with Gasteiger partial charge in [0.1, 0.15) is 0 Å². The molecule has 0 amide bonds. The summed E-state index contributed by atoms with van der Waals surface area (Å²) >= 11 is 6.00. The predicted molar refractivity (Wildman–Crippen MR) is 118 cm³/mol. The Morgan fingerprint density at radius 3 is 2.67 bits per heavy atom. The molecule has 0 saturated heterocycles. The number of aromatic nitrogens is 2. The Balaban J connectivity index is 0.00000261. The summed E-state index contributed by atoms with van der Waals surface area (Å²) in [5.74, 6) is 1.63. The first-order valence-electron chi connectivity index (χ1n) is 8.26. The van der Waals surface area contributed by atoms with Crippen LogP contribution in [-0.2, 0) is 6.54 Å². The smallest absolute Gasteiger partial charge is 0.246 e. The van der Waals surface area contributed by atoms with Crippen LogP contribution in [0.1, 0.15) is 24.4 Å². The molecular weight excluding hydrogens is 477 g/mol. The van der Waals surface area contributed by atoms with E-state index in [1.807, 2.05) is 30.3 Å². The van der Waals surface area contributed by atoms with Crippen molar-refractivity contribution in [3.05, 3.63) is 71.1 Å². The third-order valence-corrected chi connectivity index (χ3v) is 4.07. The summed E-state index contributed by atoms with van der Waals surface area (Å²) in [6, 6.07) is 17.6. The summed E-state index contributed by atoms with van der Waals surface area (Å²) in [6.45, 7) is 2.45. The van der Waals surface area contributed by atoms with Crippen LogP contribution < -0.4 is 10.6 Å². The van der Waals surface area contributed by atoms with Gasteiger partial charge in [-0.25, -0.2) is 0 Å². The maximum atomic E-state index is 6.00. The number of halogens is 2. The lowest BCUT2D eigenvalue weighted by atomic mass is 10.1. The van der Waals surface area contributed by atoms with E-state index in [-0.39, 0.29) is 30.0 Å². The fraction of sp³-hybridized carbons (Fsp3) is 0.211. The molecule has 6 nitrogen and oxygen atoms in total. The highest BCUT2D eigenvalue weighted by Gasteiger charge is 2.11. The van der Waals surface area contributed by atoms with E-state index in [0.717, 1.165) is 5.56 Å². The molecule has 0 saturated carbocycles. The van der Waals surface area contributed by atoms with E-state index in [2.05, 4.69) is 44.8 Å². The summed E-state index contributed by atoms with van der Waals surface area (Å²) in [5, 5.41) is 11.1. The molecule has 0 fully saturated rings. The van der Waals surface area contributed by atoms with E-state index in [1.54, 1.807) is 19.2 Å². The van der Waals surface area contributed by atoms with Gasteiger partial charge in [-0.05, 0) is 24.6 Å². The largest absolute Gasteiger partial charge is 0.350 e. The van der Waals surface area contributed by atoms with Crippen molar-refractivity contribution in [2.24, 2.45) is 4.99 Å². The van der Waals surface area contributed by atoms with Crippen molar-refractivity contribution in [2.75, 3.05) is 7.05 Å². The Bertz CT molecular complexity index is 885. The number of nitrogens with zero attached hydrogens (tertiary/aromatic N) is 3. The van der Waals surface area contributed by atoms with Crippen molar-refractivity contribution in [1.29, 1.82) is 0 Å². The molecule has 1 heterocycles. The average Bonchev–Trinajstić information content (AvgIpc) is 3.15. The van der Waals surface area contributed by atoms with Gasteiger partial charge in [0.2, 0.25) is 11.7 Å². The molecule has 1 unspecified atom stereocenters. The highest BCUT2D eigenvalue weighted by Crippen LogP contribution is 2.19. The highest BCUT2D eigenvalue weighted by atomic mass is 127. The van der Waals surface area contributed by atoms with Gasteiger partial charge in [-0.1, -0.05) is 59.2 Å². The third kappa shape index (κ3) is 5.93. The Kier molecular flexibility index (Phi) is 8.05. The molecule has 142 valence electrons. The van der Waals surface area contributed by atoms with Crippen LogP contribution in [0.5, 0.6) is 0 Å². The van der Waals surface area contributed by atoms with Crippen molar-refractivity contribution in [3.63, 3.8) is 0 Å². The molecule has 1 atom stereocenters. The molecule has 2 aromatic carbocycles. The molecule has 2 N–H and O–H groups in total. The number of benzene rings is 2. The van der Waals surface area contributed by atoms with Crippen LogP contribution in [0.15, 0.2) is 64.1 Å². The second-order valence-corrected chi connectivity index (χ2v) is 6.16. The number of guanidine groups is 1. The molecule has 0 spiro atoms. The zero-order valence-electron chi connectivity index (χ0n) is 15.0. The Labute approximate surface area is 180 Å². The molecule has 3 rings (SSSR count). The summed E-state index contributed by atoms with van der Waals surface area (Å²) < 4.78 is 5.29. The maximum absolute atomic E-state index is 6.00. The minimum absolute atomic E-state index is 0. The van der Waals surface area contributed by atoms with E-state index in [9.17, 15) is 0 Å². The van der Waals surface area contributed by atoms with Crippen molar-refractivity contribution < 1.29 is 4.52 Å². The van der Waals surface area contributed by atoms with Crippen LogP contribution in [0.4, 0.5) is 0 Å². The van der Waals surface area contributed by atoms with Crippen LogP contribution in [0.3, 0.4) is 0 Å². The Morgan fingerprint density at radius 1 is 1.19 bits per heavy atom. The molecule has 0 aliphatic rings. The van der Waals surface area contributed by atoms with Crippen LogP contribution in [0.2, 0.25) is 5.02 Å². The lowest BCUT2D eigenvalue weighted by Crippen LogP contribution is -2.38. The first-order chi connectivity index (χ1) is 12.7. The third-order valence-electron chi connectivity index (χ3n) is 3.83. The Hall–Kier alpha value is -2.13. The lowest BCUT2D eigenvalue weighted by molar-refractivity contribution is 0.375. The monoisotopic (exact) mass is 497 g/mol. The fourth-order valence-electron chi connectivity index (χ4n) is 2.46. The highest BCUT2D eigenvalue weighted by molar-refractivity contribution is 14.0. The normalized spacial score (nSPS) is 12.2. The second kappa shape index (κ2) is 10.3. The molecule has 0 bridgehead atoms. The van der Waals surface area contributed by atoms with Crippen LogP contribution in [0, 0.1) is 0 Å². The van der Waals surface area contributed by atoms with Crippen molar-refractivity contribution >= 4 is 41.5 Å². The number of nitrogens with one attached hydrogen (secondary N) is 2. The average molecular weight is 498 g/mol. The van der Waals surface area contributed by atoms with E-state index in [4.69, 9.17) is 16.1 Å². The topological polar surface area (TPSA) is 75.3 Å². The van der Waals surface area contributed by atoms with E-state index < -0.39 is 0 Å². The zero-order valence-corrected chi connectivity index (χ0v) is 18.1. The van der Waals surface area contributed by atoms with Gasteiger partial charge in [-0.15, -0.1) is 24.0 Å². The molecule has 0 aliphatic heterocycles. The molecule has 0 radical (unpaired) electrons. The van der Waals surface area contributed by atoms with Crippen molar-refractivity contribution in [3.8, 4) is 11.4 Å². The fourth-order valence-corrected chi connectivity index (χ4v) is 2.65. The molecular formula is C19H21ClIN5O.